The van der Waals surface area contributed by atoms with Gasteiger partial charge in [0.2, 0.25) is 6.29 Å². The molecule has 12 N–H and O–H groups in total. The number of carboxylic acid groups (broad SMARTS) is 1. The summed E-state index contributed by atoms with van der Waals surface area (Å²) in [5.41, 5.74) is -0.805. The molecule has 0 bridgehead atoms. The minimum absolute atomic E-state index is 0.0823. The van der Waals surface area contributed by atoms with E-state index < -0.39 is 140 Å². The van der Waals surface area contributed by atoms with Crippen molar-refractivity contribution in [3.63, 3.8) is 0 Å². The Kier molecular flexibility index (Phi) is 11.9. The molecule has 55 heavy (non-hydrogen) atoms. The Morgan fingerprint density at radius 3 is 2.05 bits per heavy atom. The number of aliphatic hydroxyl groups excluding tert-OH is 8. The van der Waals surface area contributed by atoms with Gasteiger partial charge in [-0.1, -0.05) is 0 Å². The number of carboxylic acids is 1. The molecule has 3 aromatic rings. The smallest absolute Gasteiger partial charge is 0.335 e. The first kappa shape index (κ1) is 40.5. The third-order valence-electron chi connectivity index (χ3n) is 9.57. The van der Waals surface area contributed by atoms with Crippen LogP contribution in [0.5, 0.6) is 23.0 Å². The molecule has 302 valence electrons. The van der Waals surface area contributed by atoms with Gasteiger partial charge in [0, 0.05) is 23.8 Å². The third kappa shape index (κ3) is 8.06. The summed E-state index contributed by atoms with van der Waals surface area (Å²) in [6.45, 7) is 0.0284. The lowest BCUT2D eigenvalue weighted by Crippen LogP contribution is -2.64. The highest BCUT2D eigenvalue weighted by molar-refractivity contribution is 5.86. The summed E-state index contributed by atoms with van der Waals surface area (Å²) >= 11 is 0. The number of aromatic hydroxyl groups is 3. The van der Waals surface area contributed by atoms with E-state index in [1.165, 1.54) is 13.0 Å². The molecule has 3 saturated heterocycles. The molecule has 2 aromatic carbocycles. The van der Waals surface area contributed by atoms with Crippen LogP contribution in [-0.2, 0) is 28.5 Å². The number of phenolic OH excluding ortho intramolecular Hbond substituents is 3. The van der Waals surface area contributed by atoms with Crippen LogP contribution in [0.2, 0.25) is 0 Å². The lowest BCUT2D eigenvalue weighted by Gasteiger charge is -2.44. The molecule has 3 aliphatic rings. The highest BCUT2D eigenvalue weighted by Gasteiger charge is 2.51. The van der Waals surface area contributed by atoms with Gasteiger partial charge in [0.05, 0.1) is 19.3 Å². The summed E-state index contributed by atoms with van der Waals surface area (Å²) < 4.78 is 39.4. The van der Waals surface area contributed by atoms with Crippen LogP contribution in [0.3, 0.4) is 0 Å². The van der Waals surface area contributed by atoms with Crippen LogP contribution < -0.4 is 10.2 Å². The molecule has 21 heteroatoms. The average Bonchev–Trinajstić information content (AvgIpc) is 3.13. The normalized spacial score (nSPS) is 36.8. The van der Waals surface area contributed by atoms with E-state index in [0.29, 0.717) is 0 Å². The maximum absolute atomic E-state index is 13.5. The molecule has 6 rings (SSSR count). The summed E-state index contributed by atoms with van der Waals surface area (Å²) in [5.74, 6) is -3.62. The number of hydrogen-bond donors (Lipinski definition) is 12. The maximum Gasteiger partial charge on any atom is 0.335 e. The van der Waals surface area contributed by atoms with Gasteiger partial charge in [-0.05, 0) is 25.1 Å². The Morgan fingerprint density at radius 2 is 1.36 bits per heavy atom. The molecule has 15 unspecified atom stereocenters. The van der Waals surface area contributed by atoms with Gasteiger partial charge in [-0.3, -0.25) is 4.79 Å². The summed E-state index contributed by atoms with van der Waals surface area (Å²) in [6.07, 6.45) is -26.0. The highest BCUT2D eigenvalue weighted by Crippen LogP contribution is 2.36. The van der Waals surface area contributed by atoms with Crippen LogP contribution in [0.25, 0.3) is 22.3 Å². The summed E-state index contributed by atoms with van der Waals surface area (Å²) in [6, 6.07) is 6.72. The monoisotopic (exact) mass is 784 g/mol. The fraction of sp³-hybridized carbons (Fsp3) is 0.529. The molecule has 0 amide bonds. The minimum atomic E-state index is -2.03. The molecule has 0 saturated carbocycles. The first-order valence-corrected chi connectivity index (χ1v) is 16.8. The minimum Gasteiger partial charge on any atom is -0.508 e. The van der Waals surface area contributed by atoms with Crippen molar-refractivity contribution in [2.45, 2.75) is 98.9 Å². The molecule has 21 nitrogen and oxygen atoms in total. The number of benzene rings is 2. The molecule has 4 heterocycles. The second-order valence-corrected chi connectivity index (χ2v) is 13.4. The maximum atomic E-state index is 13.5. The van der Waals surface area contributed by atoms with Crippen molar-refractivity contribution in [3.05, 3.63) is 46.6 Å². The van der Waals surface area contributed by atoms with Crippen molar-refractivity contribution >= 4 is 16.9 Å². The van der Waals surface area contributed by atoms with Gasteiger partial charge in [0.1, 0.15) is 95.4 Å². The summed E-state index contributed by atoms with van der Waals surface area (Å²) in [4.78, 5) is 25.0. The number of aliphatic hydroxyl groups is 8. The van der Waals surface area contributed by atoms with Gasteiger partial charge in [0.25, 0.3) is 0 Å². The van der Waals surface area contributed by atoms with E-state index in [0.717, 1.165) is 30.3 Å². The van der Waals surface area contributed by atoms with Gasteiger partial charge in [-0.25, -0.2) is 4.79 Å². The molecule has 3 fully saturated rings. The molecule has 3 aliphatic heterocycles. The highest BCUT2D eigenvalue weighted by atomic mass is 16.7. The molecular weight excluding hydrogens is 744 g/mol. The lowest BCUT2D eigenvalue weighted by atomic mass is 9.95. The van der Waals surface area contributed by atoms with Crippen LogP contribution >= 0.6 is 0 Å². The van der Waals surface area contributed by atoms with Crippen molar-refractivity contribution < 1.29 is 98.9 Å². The molecule has 15 atom stereocenters. The Bertz CT molecular complexity index is 1900. The van der Waals surface area contributed by atoms with Crippen molar-refractivity contribution in [2.75, 3.05) is 13.2 Å². The zero-order valence-electron chi connectivity index (χ0n) is 28.6. The number of aliphatic carboxylic acids is 1. The number of hydrogen-bond acceptors (Lipinski definition) is 20. The van der Waals surface area contributed by atoms with E-state index in [1.54, 1.807) is 0 Å². The molecule has 0 spiro atoms. The third-order valence-corrected chi connectivity index (χ3v) is 9.57. The zero-order chi connectivity index (χ0) is 40.0. The average molecular weight is 785 g/mol. The number of rotatable bonds is 10. The largest absolute Gasteiger partial charge is 0.508 e. The van der Waals surface area contributed by atoms with Gasteiger partial charge < -0.3 is 94.1 Å². The first-order chi connectivity index (χ1) is 26.0. The van der Waals surface area contributed by atoms with E-state index in [1.807, 2.05) is 0 Å². The van der Waals surface area contributed by atoms with Crippen LogP contribution in [0.1, 0.15) is 6.92 Å². The molecular formula is C34H40O21. The standard InChI is InChI=1S/C34H40O21/c1-10-22(39)25(42)23(40)19(51-10)8-49-30-24(41)20(9-50-33-28(45)26(43)27(44)31(55-33)32(47)48)54-34(29(30)46)53-18-6-12(35)5-17-21(18)15(38)7-16(52-17)11-2-3-13(36)14(37)4-11/h2-7,10,19-20,22-31,33-37,39-46H,8-9H2,1H3,(H,47,48). The van der Waals surface area contributed by atoms with Crippen LogP contribution in [0.4, 0.5) is 0 Å². The van der Waals surface area contributed by atoms with Crippen molar-refractivity contribution in [1.82, 2.24) is 0 Å². The van der Waals surface area contributed by atoms with Gasteiger partial charge in [0.15, 0.2) is 29.3 Å². The van der Waals surface area contributed by atoms with E-state index >= 15 is 0 Å². The fourth-order valence-electron chi connectivity index (χ4n) is 6.47. The van der Waals surface area contributed by atoms with Crippen molar-refractivity contribution in [3.8, 4) is 34.3 Å². The van der Waals surface area contributed by atoms with E-state index in [2.05, 4.69) is 0 Å². The Balaban J connectivity index is 1.29. The fourth-order valence-corrected chi connectivity index (χ4v) is 6.47. The summed E-state index contributed by atoms with van der Waals surface area (Å²) in [5, 5.41) is 123. The molecule has 0 aliphatic carbocycles. The topological polar surface area (TPSA) is 345 Å². The number of phenols is 3. The second kappa shape index (κ2) is 16.1. The zero-order valence-corrected chi connectivity index (χ0v) is 28.6. The van der Waals surface area contributed by atoms with Crippen molar-refractivity contribution in [2.24, 2.45) is 0 Å². The first-order valence-electron chi connectivity index (χ1n) is 16.8. The van der Waals surface area contributed by atoms with Crippen LogP contribution in [-0.4, -0.2) is 172 Å². The Hall–Kier alpha value is -4.20. The Labute approximate surface area is 308 Å². The predicted octanol–water partition coefficient (Wildman–Crippen LogP) is -3.43. The van der Waals surface area contributed by atoms with E-state index in [9.17, 15) is 70.9 Å². The van der Waals surface area contributed by atoms with Gasteiger partial charge in [-0.2, -0.15) is 0 Å². The van der Waals surface area contributed by atoms with E-state index in [-0.39, 0.29) is 22.3 Å². The second-order valence-electron chi connectivity index (χ2n) is 13.4. The predicted molar refractivity (Wildman–Crippen MR) is 177 cm³/mol. The Morgan fingerprint density at radius 1 is 0.691 bits per heavy atom. The van der Waals surface area contributed by atoms with Crippen LogP contribution in [0.15, 0.2) is 45.6 Å². The van der Waals surface area contributed by atoms with E-state index in [4.69, 9.17) is 32.8 Å². The van der Waals surface area contributed by atoms with Gasteiger partial charge >= 0.3 is 5.97 Å². The SMILES string of the molecule is CC1OC(COC2C(O)C(COC3OC(C(=O)O)C(O)C(O)C3O)OC(Oc3cc(O)cc4oc(-c5ccc(O)c(O)c5)cc(=O)c34)C2O)C(O)C(O)C1O. The lowest BCUT2D eigenvalue weighted by molar-refractivity contribution is -0.323. The number of carbonyl (C=O) groups is 1. The number of fused-ring (bicyclic) bond motifs is 1. The molecule has 0 radical (unpaired) electrons. The number of ether oxygens (including phenoxy) is 6. The van der Waals surface area contributed by atoms with Crippen LogP contribution in [0, 0.1) is 0 Å². The van der Waals surface area contributed by atoms with Crippen molar-refractivity contribution in [1.29, 1.82) is 0 Å². The summed E-state index contributed by atoms with van der Waals surface area (Å²) in [7, 11) is 0. The van der Waals surface area contributed by atoms with Gasteiger partial charge in [-0.15, -0.1) is 0 Å². The quantitative estimate of drug-likeness (QED) is 0.0890. The molecule has 1 aromatic heterocycles.